The van der Waals surface area contributed by atoms with E-state index in [4.69, 9.17) is 5.11 Å². The largest absolute Gasteiger partial charge is 0.479 e. The minimum atomic E-state index is -2.01. The van der Waals surface area contributed by atoms with Gasteiger partial charge in [-0.1, -0.05) is 0 Å². The average Bonchev–Trinajstić information content (AvgIpc) is 1.82. The molecule has 0 saturated heterocycles. The molecule has 0 aromatic rings. The van der Waals surface area contributed by atoms with E-state index in [2.05, 4.69) is 0 Å². The summed E-state index contributed by atoms with van der Waals surface area (Å²) >= 11 is 0. The van der Waals surface area contributed by atoms with Crippen LogP contribution in [0, 0.1) is 0 Å². The number of rotatable bonds is 3. The number of halogens is 1. The topological polar surface area (TPSA) is 66.4 Å². The van der Waals surface area contributed by atoms with E-state index in [9.17, 15) is 14.0 Å². The third-order valence-corrected chi connectivity index (χ3v) is 0.798. The van der Waals surface area contributed by atoms with Gasteiger partial charge < -0.3 is 10.4 Å². The average molecular weight is 149 g/mol. The van der Waals surface area contributed by atoms with Crippen molar-refractivity contribution >= 4 is 11.9 Å². The predicted molar refractivity (Wildman–Crippen MR) is 31.2 cm³/mol. The Morgan fingerprint density at radius 1 is 1.70 bits per heavy atom. The Hall–Kier alpha value is -1.13. The van der Waals surface area contributed by atoms with Gasteiger partial charge in [-0.2, -0.15) is 0 Å². The van der Waals surface area contributed by atoms with Crippen molar-refractivity contribution in [2.24, 2.45) is 0 Å². The fraction of sp³-hybridized carbons (Fsp3) is 0.600. The second-order valence-electron chi connectivity index (χ2n) is 1.74. The Morgan fingerprint density at radius 2 is 2.20 bits per heavy atom. The molecule has 0 heterocycles. The fourth-order valence-corrected chi connectivity index (χ4v) is 0.321. The molecule has 4 nitrogen and oxygen atoms in total. The first-order valence-electron chi connectivity index (χ1n) is 2.65. The van der Waals surface area contributed by atoms with Crippen LogP contribution in [0.25, 0.3) is 0 Å². The molecule has 0 fully saturated rings. The molecule has 0 aromatic carbocycles. The highest BCUT2D eigenvalue weighted by Gasteiger charge is 2.14. The Bertz CT molecular complexity index is 148. The van der Waals surface area contributed by atoms with Crippen molar-refractivity contribution in [2.45, 2.75) is 13.1 Å². The summed E-state index contributed by atoms with van der Waals surface area (Å²) in [7, 11) is 0. The summed E-state index contributed by atoms with van der Waals surface area (Å²) in [6, 6.07) is 0. The van der Waals surface area contributed by atoms with Crippen LogP contribution in [-0.2, 0) is 9.59 Å². The van der Waals surface area contributed by atoms with Crippen LogP contribution < -0.4 is 5.32 Å². The van der Waals surface area contributed by atoms with Crippen molar-refractivity contribution in [1.29, 1.82) is 0 Å². The van der Waals surface area contributed by atoms with Gasteiger partial charge in [0, 0.05) is 6.92 Å². The van der Waals surface area contributed by atoms with E-state index in [0.717, 1.165) is 0 Å². The summed E-state index contributed by atoms with van der Waals surface area (Å²) in [5, 5.41) is 10.0. The van der Waals surface area contributed by atoms with Crippen molar-refractivity contribution in [2.75, 3.05) is 6.54 Å². The molecule has 58 valence electrons. The van der Waals surface area contributed by atoms with Crippen molar-refractivity contribution in [3.05, 3.63) is 0 Å². The number of aliphatic carboxylic acids is 1. The van der Waals surface area contributed by atoms with Gasteiger partial charge in [-0.15, -0.1) is 0 Å². The molecule has 0 aromatic heterocycles. The molecule has 0 bridgehead atoms. The number of hydrogen-bond donors (Lipinski definition) is 2. The first-order chi connectivity index (χ1) is 4.54. The number of carbonyl (C=O) groups excluding carboxylic acids is 1. The lowest BCUT2D eigenvalue weighted by molar-refractivity contribution is -0.142. The second kappa shape index (κ2) is 3.81. The Labute approximate surface area is 57.0 Å². The third-order valence-electron chi connectivity index (χ3n) is 0.798. The molecule has 0 aliphatic rings. The van der Waals surface area contributed by atoms with Crippen molar-refractivity contribution in [3.63, 3.8) is 0 Å². The molecule has 1 atom stereocenters. The highest BCUT2D eigenvalue weighted by molar-refractivity contribution is 5.76. The van der Waals surface area contributed by atoms with Crippen molar-refractivity contribution in [1.82, 2.24) is 5.32 Å². The lowest BCUT2D eigenvalue weighted by Gasteiger charge is -2.01. The van der Waals surface area contributed by atoms with Crippen LogP contribution in [0.4, 0.5) is 4.39 Å². The third kappa shape index (κ3) is 3.82. The van der Waals surface area contributed by atoms with Gasteiger partial charge in [0.15, 0.2) is 0 Å². The Kier molecular flexibility index (Phi) is 3.38. The lowest BCUT2D eigenvalue weighted by Crippen LogP contribution is -2.32. The quantitative estimate of drug-likeness (QED) is 0.570. The summed E-state index contributed by atoms with van der Waals surface area (Å²) in [5.41, 5.74) is 0. The van der Waals surface area contributed by atoms with Crippen LogP contribution in [0.5, 0.6) is 0 Å². The summed E-state index contributed by atoms with van der Waals surface area (Å²) < 4.78 is 12.1. The second-order valence-corrected chi connectivity index (χ2v) is 1.74. The molecule has 0 aliphatic carbocycles. The van der Waals surface area contributed by atoms with E-state index in [1.807, 2.05) is 5.32 Å². The van der Waals surface area contributed by atoms with Crippen LogP contribution in [-0.4, -0.2) is 29.7 Å². The lowest BCUT2D eigenvalue weighted by atomic mass is 10.4. The van der Waals surface area contributed by atoms with Gasteiger partial charge in [0.25, 0.3) is 0 Å². The molecule has 0 spiro atoms. The van der Waals surface area contributed by atoms with Gasteiger partial charge in [0.1, 0.15) is 0 Å². The standard InChI is InChI=1S/C5H8FNO3/c1-3(8)7-2-4(6)5(9)10/h4H,2H2,1H3,(H,7,8)(H,9,10)/t4-/m0/s1. The normalized spacial score (nSPS) is 12.2. The van der Waals surface area contributed by atoms with Gasteiger partial charge in [-0.25, -0.2) is 9.18 Å². The molecule has 0 saturated carbocycles. The molecule has 0 radical (unpaired) electrons. The summed E-state index contributed by atoms with van der Waals surface area (Å²) in [4.78, 5) is 19.9. The molecule has 0 aliphatic heterocycles. The van der Waals surface area contributed by atoms with E-state index in [0.29, 0.717) is 0 Å². The smallest absolute Gasteiger partial charge is 0.340 e. The number of hydrogen-bond acceptors (Lipinski definition) is 2. The van der Waals surface area contributed by atoms with Crippen LogP contribution >= 0.6 is 0 Å². The maximum atomic E-state index is 12.1. The van der Waals surface area contributed by atoms with E-state index in [1.54, 1.807) is 0 Å². The molecule has 0 unspecified atom stereocenters. The van der Waals surface area contributed by atoms with Crippen molar-refractivity contribution in [3.8, 4) is 0 Å². The van der Waals surface area contributed by atoms with Crippen LogP contribution in [0.2, 0.25) is 0 Å². The van der Waals surface area contributed by atoms with E-state index in [1.165, 1.54) is 6.92 Å². The van der Waals surface area contributed by atoms with E-state index >= 15 is 0 Å². The van der Waals surface area contributed by atoms with Crippen molar-refractivity contribution < 1.29 is 19.1 Å². The molecular weight excluding hydrogens is 141 g/mol. The summed E-state index contributed by atoms with van der Waals surface area (Å²) in [6.45, 7) is 0.721. The number of nitrogens with one attached hydrogen (secondary N) is 1. The Morgan fingerprint density at radius 3 is 2.50 bits per heavy atom. The number of carbonyl (C=O) groups is 2. The first-order valence-corrected chi connectivity index (χ1v) is 2.65. The monoisotopic (exact) mass is 149 g/mol. The minimum Gasteiger partial charge on any atom is -0.479 e. The fourth-order valence-electron chi connectivity index (χ4n) is 0.321. The summed E-state index contributed by atoms with van der Waals surface area (Å²) in [6.07, 6.45) is -2.01. The maximum absolute atomic E-state index is 12.1. The van der Waals surface area contributed by atoms with Gasteiger partial charge in [0.05, 0.1) is 6.54 Å². The highest BCUT2D eigenvalue weighted by Crippen LogP contribution is 1.86. The zero-order valence-electron chi connectivity index (χ0n) is 5.43. The van der Waals surface area contributed by atoms with Crippen LogP contribution in [0.15, 0.2) is 0 Å². The molecule has 0 rings (SSSR count). The molecule has 1 amide bonds. The zero-order chi connectivity index (χ0) is 8.15. The van der Waals surface area contributed by atoms with E-state index < -0.39 is 24.6 Å². The van der Waals surface area contributed by atoms with Gasteiger partial charge in [-0.3, -0.25) is 4.79 Å². The SMILES string of the molecule is CC(=O)NC[C@H](F)C(=O)O. The maximum Gasteiger partial charge on any atom is 0.340 e. The van der Waals surface area contributed by atoms with Gasteiger partial charge in [-0.05, 0) is 0 Å². The molecule has 10 heavy (non-hydrogen) atoms. The predicted octanol–water partition coefficient (Wildman–Crippen LogP) is -0.455. The number of amides is 1. The van der Waals surface area contributed by atoms with Gasteiger partial charge in [0.2, 0.25) is 12.1 Å². The van der Waals surface area contributed by atoms with Gasteiger partial charge >= 0.3 is 5.97 Å². The minimum absolute atomic E-state index is 0.441. The van der Waals surface area contributed by atoms with E-state index in [-0.39, 0.29) is 0 Å². The first kappa shape index (κ1) is 8.87. The molecule has 2 N–H and O–H groups in total. The van der Waals surface area contributed by atoms with Crippen LogP contribution in [0.3, 0.4) is 0 Å². The zero-order valence-corrected chi connectivity index (χ0v) is 5.43. The van der Waals surface area contributed by atoms with Crippen LogP contribution in [0.1, 0.15) is 6.92 Å². The Balaban J connectivity index is 3.49. The molecular formula is C5H8FNO3. The number of carboxylic acid groups (broad SMARTS) is 1. The number of alkyl halides is 1. The highest BCUT2D eigenvalue weighted by atomic mass is 19.1. The number of carboxylic acids is 1. The summed E-state index contributed by atoms with van der Waals surface area (Å²) in [5.74, 6) is -2.00. The molecule has 5 heteroatoms.